The first-order valence-electron chi connectivity index (χ1n) is 52.4. The fourth-order valence-corrected chi connectivity index (χ4v) is 24.4. The van der Waals surface area contributed by atoms with E-state index in [0.29, 0.717) is 35.5 Å². The first-order valence-corrected chi connectivity index (χ1v) is 51.4. The summed E-state index contributed by atoms with van der Waals surface area (Å²) in [4.78, 5) is 0. The van der Waals surface area contributed by atoms with Crippen molar-refractivity contribution in [3.63, 3.8) is 0 Å². The van der Waals surface area contributed by atoms with Gasteiger partial charge in [-0.2, -0.15) is 0 Å². The van der Waals surface area contributed by atoms with Crippen LogP contribution in [0.5, 0.6) is 0 Å². The molecule has 0 N–H and O–H groups in total. The maximum Gasteiger partial charge on any atom is 0.213 e. The van der Waals surface area contributed by atoms with Gasteiger partial charge >= 0.3 is 0 Å². The molecule has 0 spiro atoms. The molecule has 0 bridgehead atoms. The maximum absolute atomic E-state index is 9.62. The molecular formula is C127H166N4+4. The summed E-state index contributed by atoms with van der Waals surface area (Å²) in [6.07, 6.45) is 33.5. The van der Waals surface area contributed by atoms with Gasteiger partial charge in [0.05, 0.1) is 0 Å². The molecule has 0 aliphatic heterocycles. The predicted octanol–water partition coefficient (Wildman–Crippen LogP) is 33.5. The lowest BCUT2D eigenvalue weighted by Crippen LogP contribution is -2.30. The van der Waals surface area contributed by atoms with E-state index in [4.69, 9.17) is 0 Å². The van der Waals surface area contributed by atoms with Crippen molar-refractivity contribution in [1.29, 1.82) is 0 Å². The Labute approximate surface area is 798 Å². The molecule has 12 aromatic rings. The van der Waals surface area contributed by atoms with Crippen molar-refractivity contribution in [2.75, 3.05) is 0 Å². The minimum absolute atomic E-state index is 0.148. The third-order valence-corrected chi connectivity index (χ3v) is 30.9. The number of hydrogen-bond donors (Lipinski definition) is 0. The zero-order valence-electron chi connectivity index (χ0n) is 87.3. The van der Waals surface area contributed by atoms with E-state index in [1.54, 1.807) is 11.1 Å². The van der Waals surface area contributed by atoms with Crippen LogP contribution in [0.3, 0.4) is 0 Å². The van der Waals surface area contributed by atoms with Gasteiger partial charge in [-0.15, -0.1) is 0 Å². The number of aromatic nitrogens is 4. The van der Waals surface area contributed by atoms with Gasteiger partial charge in [-0.25, -0.2) is 18.3 Å². The van der Waals surface area contributed by atoms with E-state index in [-0.39, 0.29) is 23.7 Å². The van der Waals surface area contributed by atoms with Crippen LogP contribution in [0.15, 0.2) is 255 Å². The van der Waals surface area contributed by atoms with E-state index in [0.717, 1.165) is 63.5 Å². The van der Waals surface area contributed by atoms with Crippen LogP contribution < -0.4 is 18.3 Å². The quantitative estimate of drug-likeness (QED) is 0.0536. The largest absolute Gasteiger partial charge is 0.213 e. The van der Waals surface area contributed by atoms with Gasteiger partial charge in [-0.05, 0) is 304 Å². The van der Waals surface area contributed by atoms with Crippen molar-refractivity contribution in [2.24, 2.45) is 99.2 Å². The normalized spacial score (nSPS) is 17.3. The molecule has 131 heavy (non-hydrogen) atoms. The zero-order valence-corrected chi connectivity index (χ0v) is 85.3. The molecule has 4 saturated carbocycles. The summed E-state index contributed by atoms with van der Waals surface area (Å²) < 4.78 is 28.1. The number of hydrogen-bond acceptors (Lipinski definition) is 0. The van der Waals surface area contributed by atoms with Gasteiger partial charge in [0.2, 0.25) is 22.8 Å². The fourth-order valence-electron chi connectivity index (χ4n) is 24.4. The number of aryl methyl sites for hydroxylation is 8. The summed E-state index contributed by atoms with van der Waals surface area (Å²) in [6, 6.07) is 85.8. The summed E-state index contributed by atoms with van der Waals surface area (Å²) >= 11 is 0. The average molecular weight is 1750 g/mol. The Bertz CT molecular complexity index is 5700. The molecule has 0 amide bonds. The van der Waals surface area contributed by atoms with Crippen LogP contribution in [0.1, 0.15) is 314 Å². The molecule has 16 rings (SSSR count). The molecule has 0 saturated heterocycles. The highest BCUT2D eigenvalue weighted by molar-refractivity contribution is 5.75. The SMILES string of the molecule is Cc1ccccc1-c1cc(-c2cc(C(C(C)C)C(C)C)cc(C(C(C)C)C(C)C)c2)cc[n+]1C.Cc1ccccc1-c1cc(-c2ccc(C3CCC(C4CCCCC4)C3)cc2)cc[n+]1C.Cc1ccccc1-c1cc(-c2cccc(C3CCC(C4CCCCC4)CC3)c2)cc[n+]1C.[2H]C(c1cc(-c2cc[n+](C)c(-c3ccccc3C)c2)cc(C([2H])(C(C)C)C(C)C)c1)(C(C)C)C(C)C. The minimum atomic E-state index is -0.738. The van der Waals surface area contributed by atoms with Gasteiger partial charge in [0.15, 0.2) is 24.8 Å². The Morgan fingerprint density at radius 2 is 0.534 bits per heavy atom. The summed E-state index contributed by atoms with van der Waals surface area (Å²) in [6.45, 7) is 44.9. The first-order chi connectivity index (χ1) is 63.6. The molecule has 4 aliphatic carbocycles. The maximum atomic E-state index is 9.62. The predicted molar refractivity (Wildman–Crippen MR) is 561 cm³/mol. The lowest BCUT2D eigenvalue weighted by molar-refractivity contribution is -0.660. The lowest BCUT2D eigenvalue weighted by Gasteiger charge is -2.36. The Kier molecular flexibility index (Phi) is 33.6. The smallest absolute Gasteiger partial charge is 0.201 e. The van der Waals surface area contributed by atoms with E-state index >= 15 is 0 Å². The van der Waals surface area contributed by atoms with Crippen LogP contribution in [-0.4, -0.2) is 0 Å². The van der Waals surface area contributed by atoms with Crippen LogP contribution in [0.2, 0.25) is 0 Å². The number of rotatable bonds is 24. The molecule has 4 aliphatic rings. The van der Waals surface area contributed by atoms with Crippen molar-refractivity contribution < 1.29 is 21.0 Å². The molecule has 4 nitrogen and oxygen atoms in total. The van der Waals surface area contributed by atoms with E-state index in [1.165, 1.54) is 215 Å². The highest BCUT2D eigenvalue weighted by atomic mass is 14.9. The lowest BCUT2D eigenvalue weighted by atomic mass is 9.70. The van der Waals surface area contributed by atoms with Gasteiger partial charge in [0, 0.05) is 73.5 Å². The topological polar surface area (TPSA) is 15.5 Å². The van der Waals surface area contributed by atoms with Crippen molar-refractivity contribution >= 4 is 0 Å². The van der Waals surface area contributed by atoms with Gasteiger partial charge in [0.1, 0.15) is 28.2 Å². The highest BCUT2D eigenvalue weighted by Crippen LogP contribution is 2.49. The molecule has 0 radical (unpaired) electrons. The third-order valence-electron chi connectivity index (χ3n) is 30.9. The van der Waals surface area contributed by atoms with Crippen molar-refractivity contribution in [1.82, 2.24) is 0 Å². The van der Waals surface area contributed by atoms with E-state index in [1.807, 2.05) is 0 Å². The molecule has 2 atom stereocenters. The van der Waals surface area contributed by atoms with Crippen molar-refractivity contribution in [2.45, 2.75) is 283 Å². The van der Waals surface area contributed by atoms with E-state index < -0.39 is 11.8 Å². The Morgan fingerprint density at radius 3 is 0.885 bits per heavy atom. The number of pyridine rings is 4. The Morgan fingerprint density at radius 1 is 0.237 bits per heavy atom. The molecule has 4 heterocycles. The van der Waals surface area contributed by atoms with Crippen LogP contribution in [-0.2, 0) is 28.2 Å². The van der Waals surface area contributed by atoms with E-state index in [2.05, 4.69) is 440 Å². The van der Waals surface area contributed by atoms with Crippen LogP contribution in [0, 0.1) is 98.7 Å². The average Bonchev–Trinajstić information content (AvgIpc) is 1.12. The second-order valence-electron chi connectivity index (χ2n) is 43.1. The second-order valence-corrected chi connectivity index (χ2v) is 43.1. The summed E-state index contributed by atoms with van der Waals surface area (Å²) in [7, 11) is 8.52. The monoisotopic (exact) mass is 1750 g/mol. The fraction of sp³-hybridized carbons (Fsp3) is 0.465. The van der Waals surface area contributed by atoms with Gasteiger partial charge in [-0.3, -0.25) is 0 Å². The van der Waals surface area contributed by atoms with Gasteiger partial charge in [-0.1, -0.05) is 333 Å². The molecule has 2 unspecified atom stereocenters. The molecule has 4 aromatic heterocycles. The van der Waals surface area contributed by atoms with E-state index in [9.17, 15) is 2.74 Å². The number of nitrogens with zero attached hydrogens (tertiary/aromatic N) is 4. The molecule has 690 valence electrons. The van der Waals surface area contributed by atoms with Crippen molar-refractivity contribution in [3.05, 3.63) is 311 Å². The van der Waals surface area contributed by atoms with Crippen LogP contribution in [0.25, 0.3) is 89.5 Å². The molecule has 4 heteroatoms. The van der Waals surface area contributed by atoms with Crippen LogP contribution >= 0.6 is 0 Å². The zero-order chi connectivity index (χ0) is 95.3. The second kappa shape index (κ2) is 45.9. The van der Waals surface area contributed by atoms with Gasteiger partial charge in [0.25, 0.3) is 0 Å². The summed E-state index contributed by atoms with van der Waals surface area (Å²) in [5, 5.41) is 0. The summed E-state index contributed by atoms with van der Waals surface area (Å²) in [5.41, 5.74) is 33.6. The number of benzene rings is 8. The van der Waals surface area contributed by atoms with Crippen LogP contribution in [0.4, 0.5) is 0 Å². The minimum Gasteiger partial charge on any atom is -0.201 e. The molecule has 8 aromatic carbocycles. The Balaban J connectivity index is 0.000000151. The van der Waals surface area contributed by atoms with Gasteiger partial charge < -0.3 is 0 Å². The molecule has 4 fully saturated rings. The first kappa shape index (κ1) is 96.0. The third kappa shape index (κ3) is 24.7. The van der Waals surface area contributed by atoms with Crippen molar-refractivity contribution in [3.8, 4) is 89.5 Å². The molecular weight excluding hydrogens is 1580 g/mol. The summed E-state index contributed by atoms with van der Waals surface area (Å²) in [5.74, 6) is 8.19. The standard InChI is InChI=1S/2C33H46N.C31H38N.C30H36N/c2*1-21(2)32(22(3)4)28-17-27(18-29(19-28)33(23(5)6)24(7)8)26-15-16-34(10)31(20-26)30-14-12-11-13-25(30)9;1-23-9-6-7-14-30(23)31-22-29(19-20-32(31)2)28-13-8-12-27(21-28)26-17-15-25(16-18-26)24-10-4-3-5-11-24;1-22-8-6-7-11-29(22)30-21-28(18-19-31(30)2)25-14-12-24(13-15-25)27-17-16-26(20-27)23-9-4-3-5-10-23/h2*11-24,32-33H,1-10H3;6-9,12-14,19-22,24-26H,3-5,10-11,15-18H2,1-2H3;6-8,11-15,18-19,21,23,26-27H,3-5,9-10,16-17,20H2,1-2H3/q4*+1/i32D,33D;;;. The Hall–Kier alpha value is -9.64. The highest BCUT2D eigenvalue weighted by Gasteiger charge is 2.35.